The zero-order valence-electron chi connectivity index (χ0n) is 8.17. The average Bonchev–Trinajstić information content (AvgIpc) is 2.59. The molecule has 0 saturated carbocycles. The SMILES string of the molecule is C#CCCCNC(=O)c1ccoc1C. The van der Waals surface area contributed by atoms with Crippen molar-refractivity contribution in [3.05, 3.63) is 23.7 Å². The predicted molar refractivity (Wildman–Crippen MR) is 53.8 cm³/mol. The Hall–Kier alpha value is -1.69. The number of amides is 1. The van der Waals surface area contributed by atoms with Crippen LogP contribution in [-0.2, 0) is 0 Å². The number of rotatable bonds is 4. The number of nitrogens with one attached hydrogen (secondary N) is 1. The summed E-state index contributed by atoms with van der Waals surface area (Å²) in [6.45, 7) is 2.37. The van der Waals surface area contributed by atoms with E-state index in [9.17, 15) is 4.79 Å². The Balaban J connectivity index is 2.37. The molecule has 14 heavy (non-hydrogen) atoms. The molecule has 1 heterocycles. The predicted octanol–water partition coefficient (Wildman–Crippen LogP) is 1.73. The Labute approximate surface area is 83.5 Å². The number of hydrogen-bond acceptors (Lipinski definition) is 2. The molecule has 1 rings (SSSR count). The van der Waals surface area contributed by atoms with Crippen LogP contribution in [0.4, 0.5) is 0 Å². The van der Waals surface area contributed by atoms with E-state index in [1.807, 2.05) is 0 Å². The zero-order chi connectivity index (χ0) is 10.4. The number of furan rings is 1. The van der Waals surface area contributed by atoms with Crippen molar-refractivity contribution in [2.75, 3.05) is 6.54 Å². The smallest absolute Gasteiger partial charge is 0.254 e. The molecule has 0 radical (unpaired) electrons. The number of carbonyl (C=O) groups excluding carboxylic acids is 1. The van der Waals surface area contributed by atoms with E-state index < -0.39 is 0 Å². The molecule has 0 aliphatic heterocycles. The van der Waals surface area contributed by atoms with Crippen LogP contribution in [0.15, 0.2) is 16.7 Å². The van der Waals surface area contributed by atoms with Crippen molar-refractivity contribution >= 4 is 5.91 Å². The molecule has 0 spiro atoms. The molecule has 1 aromatic heterocycles. The quantitative estimate of drug-likeness (QED) is 0.581. The molecule has 74 valence electrons. The maximum absolute atomic E-state index is 11.5. The van der Waals surface area contributed by atoms with Crippen LogP contribution in [-0.4, -0.2) is 12.5 Å². The molecule has 0 aromatic carbocycles. The molecule has 3 heteroatoms. The van der Waals surface area contributed by atoms with E-state index in [2.05, 4.69) is 11.2 Å². The highest BCUT2D eigenvalue weighted by Crippen LogP contribution is 2.07. The molecular formula is C11H13NO2. The monoisotopic (exact) mass is 191 g/mol. The first-order valence-corrected chi connectivity index (χ1v) is 4.51. The van der Waals surface area contributed by atoms with E-state index >= 15 is 0 Å². The fourth-order valence-corrected chi connectivity index (χ4v) is 1.11. The summed E-state index contributed by atoms with van der Waals surface area (Å²) in [7, 11) is 0. The second-order valence-electron chi connectivity index (χ2n) is 2.95. The molecule has 0 bridgehead atoms. The fraction of sp³-hybridized carbons (Fsp3) is 0.364. The Kier molecular flexibility index (Phi) is 3.81. The van der Waals surface area contributed by atoms with Crippen LogP contribution < -0.4 is 5.32 Å². The summed E-state index contributed by atoms with van der Waals surface area (Å²) in [5, 5.41) is 2.77. The Morgan fingerprint density at radius 3 is 3.07 bits per heavy atom. The van der Waals surface area contributed by atoms with Gasteiger partial charge in [-0.2, -0.15) is 0 Å². The number of aryl methyl sites for hydroxylation is 1. The lowest BCUT2D eigenvalue weighted by molar-refractivity contribution is 0.0952. The van der Waals surface area contributed by atoms with Crippen LogP contribution in [0, 0.1) is 19.3 Å². The van der Waals surface area contributed by atoms with Crippen LogP contribution in [0.3, 0.4) is 0 Å². The Bertz CT molecular complexity index is 346. The van der Waals surface area contributed by atoms with Gasteiger partial charge in [0.05, 0.1) is 11.8 Å². The standard InChI is InChI=1S/C11H13NO2/c1-3-4-5-7-12-11(13)10-6-8-14-9(10)2/h1,6,8H,4-5,7H2,2H3,(H,12,13). The van der Waals surface area contributed by atoms with Gasteiger partial charge in [-0.05, 0) is 19.4 Å². The summed E-state index contributed by atoms with van der Waals surface area (Å²) in [6, 6.07) is 1.66. The summed E-state index contributed by atoms with van der Waals surface area (Å²) in [5.74, 6) is 3.05. The van der Waals surface area contributed by atoms with Crippen molar-refractivity contribution in [2.45, 2.75) is 19.8 Å². The summed E-state index contributed by atoms with van der Waals surface area (Å²) in [5.41, 5.74) is 0.589. The van der Waals surface area contributed by atoms with Gasteiger partial charge < -0.3 is 9.73 Å². The van der Waals surface area contributed by atoms with Gasteiger partial charge in [0.15, 0.2) is 0 Å². The summed E-state index contributed by atoms with van der Waals surface area (Å²) < 4.78 is 5.02. The van der Waals surface area contributed by atoms with Crippen molar-refractivity contribution in [2.24, 2.45) is 0 Å². The number of terminal acetylenes is 1. The lowest BCUT2D eigenvalue weighted by Gasteiger charge is -2.01. The highest BCUT2D eigenvalue weighted by atomic mass is 16.3. The molecule has 0 atom stereocenters. The van der Waals surface area contributed by atoms with Gasteiger partial charge in [0.25, 0.3) is 5.91 Å². The van der Waals surface area contributed by atoms with Crippen LogP contribution in [0.25, 0.3) is 0 Å². The minimum atomic E-state index is -0.103. The molecule has 0 aliphatic carbocycles. The summed E-state index contributed by atoms with van der Waals surface area (Å²) in [6.07, 6.45) is 8.08. The Morgan fingerprint density at radius 2 is 2.50 bits per heavy atom. The van der Waals surface area contributed by atoms with Gasteiger partial charge >= 0.3 is 0 Å². The van der Waals surface area contributed by atoms with Gasteiger partial charge in [0, 0.05) is 13.0 Å². The molecule has 1 amide bonds. The number of unbranched alkanes of at least 4 members (excludes halogenated alkanes) is 1. The van der Waals surface area contributed by atoms with Gasteiger partial charge in [-0.25, -0.2) is 0 Å². The molecule has 0 unspecified atom stereocenters. The van der Waals surface area contributed by atoms with Crippen molar-refractivity contribution in [1.82, 2.24) is 5.32 Å². The number of hydrogen-bond donors (Lipinski definition) is 1. The fourth-order valence-electron chi connectivity index (χ4n) is 1.11. The first-order chi connectivity index (χ1) is 6.75. The first kappa shape index (κ1) is 10.4. The largest absolute Gasteiger partial charge is 0.469 e. The third kappa shape index (κ3) is 2.67. The minimum absolute atomic E-state index is 0.103. The molecular weight excluding hydrogens is 178 g/mol. The second kappa shape index (κ2) is 5.13. The summed E-state index contributed by atoms with van der Waals surface area (Å²) in [4.78, 5) is 11.5. The normalized spacial score (nSPS) is 9.43. The number of carbonyl (C=O) groups is 1. The molecule has 0 saturated heterocycles. The van der Waals surface area contributed by atoms with Crippen molar-refractivity contribution in [3.8, 4) is 12.3 Å². The maximum Gasteiger partial charge on any atom is 0.254 e. The average molecular weight is 191 g/mol. The maximum atomic E-state index is 11.5. The topological polar surface area (TPSA) is 42.2 Å². The first-order valence-electron chi connectivity index (χ1n) is 4.51. The highest BCUT2D eigenvalue weighted by molar-refractivity contribution is 5.94. The minimum Gasteiger partial charge on any atom is -0.469 e. The molecule has 3 nitrogen and oxygen atoms in total. The van der Waals surface area contributed by atoms with E-state index in [-0.39, 0.29) is 5.91 Å². The van der Waals surface area contributed by atoms with Crippen LogP contribution in [0.2, 0.25) is 0 Å². The Morgan fingerprint density at radius 1 is 1.71 bits per heavy atom. The zero-order valence-corrected chi connectivity index (χ0v) is 8.17. The van der Waals surface area contributed by atoms with E-state index in [1.165, 1.54) is 6.26 Å². The van der Waals surface area contributed by atoms with E-state index in [1.54, 1.807) is 13.0 Å². The summed E-state index contributed by atoms with van der Waals surface area (Å²) >= 11 is 0. The molecule has 1 N–H and O–H groups in total. The third-order valence-electron chi connectivity index (χ3n) is 1.89. The molecule has 0 aliphatic rings. The van der Waals surface area contributed by atoms with Gasteiger partial charge in [-0.3, -0.25) is 4.79 Å². The highest BCUT2D eigenvalue weighted by Gasteiger charge is 2.09. The van der Waals surface area contributed by atoms with Gasteiger partial charge in [0.1, 0.15) is 5.76 Å². The lowest BCUT2D eigenvalue weighted by atomic mass is 10.2. The van der Waals surface area contributed by atoms with Crippen molar-refractivity contribution in [1.29, 1.82) is 0 Å². The molecule has 0 fully saturated rings. The van der Waals surface area contributed by atoms with Crippen molar-refractivity contribution < 1.29 is 9.21 Å². The third-order valence-corrected chi connectivity index (χ3v) is 1.89. The van der Waals surface area contributed by atoms with Crippen LogP contribution >= 0.6 is 0 Å². The van der Waals surface area contributed by atoms with Crippen LogP contribution in [0.5, 0.6) is 0 Å². The second-order valence-corrected chi connectivity index (χ2v) is 2.95. The van der Waals surface area contributed by atoms with Gasteiger partial charge in [-0.1, -0.05) is 0 Å². The van der Waals surface area contributed by atoms with Crippen molar-refractivity contribution in [3.63, 3.8) is 0 Å². The van der Waals surface area contributed by atoms with E-state index in [4.69, 9.17) is 10.8 Å². The lowest BCUT2D eigenvalue weighted by Crippen LogP contribution is -2.24. The van der Waals surface area contributed by atoms with Gasteiger partial charge in [-0.15, -0.1) is 12.3 Å². The van der Waals surface area contributed by atoms with Crippen LogP contribution in [0.1, 0.15) is 29.0 Å². The van der Waals surface area contributed by atoms with E-state index in [0.717, 1.165) is 6.42 Å². The van der Waals surface area contributed by atoms with Gasteiger partial charge in [0.2, 0.25) is 0 Å². The van der Waals surface area contributed by atoms with E-state index in [0.29, 0.717) is 24.3 Å². The molecule has 1 aromatic rings.